The number of hydrogen-bond donors (Lipinski definition) is 3. The molecule has 0 fully saturated rings. The number of carboxylic acid groups (broad SMARTS) is 1. The molecule has 1 aromatic carbocycles. The monoisotopic (exact) mass is 303 g/mol. The number of nitro benzene ring substituents is 1. The third-order valence-electron chi connectivity index (χ3n) is 2.57. The van der Waals surface area contributed by atoms with Gasteiger partial charge in [0.2, 0.25) is 9.84 Å². The molecule has 0 radical (unpaired) electrons. The van der Waals surface area contributed by atoms with E-state index in [0.717, 1.165) is 12.1 Å². The third kappa shape index (κ3) is 3.29. The van der Waals surface area contributed by atoms with Gasteiger partial charge < -0.3 is 16.6 Å². The Bertz CT molecular complexity index is 630. The molecule has 0 aliphatic rings. The number of carboxylic acids is 1. The van der Waals surface area contributed by atoms with E-state index in [2.05, 4.69) is 0 Å². The van der Waals surface area contributed by atoms with Crippen LogP contribution >= 0.6 is 0 Å². The van der Waals surface area contributed by atoms with Crippen LogP contribution < -0.4 is 11.5 Å². The summed E-state index contributed by atoms with van der Waals surface area (Å²) in [4.78, 5) is 20.0. The summed E-state index contributed by atoms with van der Waals surface area (Å²) >= 11 is 0. The molecule has 0 spiro atoms. The first-order valence-electron chi connectivity index (χ1n) is 5.39. The zero-order chi connectivity index (χ0) is 15.5. The second-order valence-corrected chi connectivity index (χ2v) is 6.12. The van der Waals surface area contributed by atoms with Crippen LogP contribution in [0.1, 0.15) is 6.42 Å². The first-order chi connectivity index (χ1) is 9.17. The molecule has 0 saturated carbocycles. The summed E-state index contributed by atoms with van der Waals surface area (Å²) in [5.74, 6) is -1.40. The highest BCUT2D eigenvalue weighted by Crippen LogP contribution is 2.26. The molecule has 2 unspecified atom stereocenters. The van der Waals surface area contributed by atoms with E-state index in [4.69, 9.17) is 16.6 Å². The Hall–Kier alpha value is -2.04. The van der Waals surface area contributed by atoms with Gasteiger partial charge in [0.25, 0.3) is 5.69 Å². The average molecular weight is 303 g/mol. The fraction of sp³-hybridized carbons (Fsp3) is 0.300. The van der Waals surface area contributed by atoms with Crippen LogP contribution in [0.15, 0.2) is 29.2 Å². The molecule has 0 aliphatic carbocycles. The fourth-order valence-electron chi connectivity index (χ4n) is 1.49. The molecule has 1 aromatic rings. The highest BCUT2D eigenvalue weighted by molar-refractivity contribution is 7.92. The molecule has 20 heavy (non-hydrogen) atoms. The van der Waals surface area contributed by atoms with Gasteiger partial charge in [-0.2, -0.15) is 0 Å². The summed E-state index contributed by atoms with van der Waals surface area (Å²) in [6.07, 6.45) is -0.552. The number of benzene rings is 1. The summed E-state index contributed by atoms with van der Waals surface area (Å²) < 4.78 is 24.3. The number of para-hydroxylation sites is 1. The SMILES string of the molecule is NC(CC(N)S(=O)(=O)c1ccccc1[N+](=O)[O-])C(=O)O. The predicted octanol–water partition coefficient (Wildman–Crippen LogP) is -0.545. The summed E-state index contributed by atoms with van der Waals surface area (Å²) in [7, 11) is -4.25. The van der Waals surface area contributed by atoms with Crippen LogP contribution in [0.4, 0.5) is 5.69 Å². The predicted molar refractivity (Wildman–Crippen MR) is 68.5 cm³/mol. The van der Waals surface area contributed by atoms with Crippen molar-refractivity contribution < 1.29 is 23.2 Å². The molecule has 9 nitrogen and oxygen atoms in total. The second-order valence-electron chi connectivity index (χ2n) is 3.99. The van der Waals surface area contributed by atoms with E-state index in [1.165, 1.54) is 12.1 Å². The average Bonchev–Trinajstić information content (AvgIpc) is 2.38. The number of sulfone groups is 1. The van der Waals surface area contributed by atoms with Crippen molar-refractivity contribution in [2.75, 3.05) is 0 Å². The van der Waals surface area contributed by atoms with Gasteiger partial charge in [0.15, 0.2) is 0 Å². The van der Waals surface area contributed by atoms with Crippen LogP contribution in [0.25, 0.3) is 0 Å². The molecule has 10 heteroatoms. The normalized spacial score (nSPS) is 14.5. The van der Waals surface area contributed by atoms with Crippen LogP contribution in [0.3, 0.4) is 0 Å². The smallest absolute Gasteiger partial charge is 0.320 e. The molecule has 110 valence electrons. The van der Waals surface area contributed by atoms with Crippen LogP contribution in [0.5, 0.6) is 0 Å². The molecular weight excluding hydrogens is 290 g/mol. The van der Waals surface area contributed by atoms with Crippen molar-refractivity contribution in [1.29, 1.82) is 0 Å². The van der Waals surface area contributed by atoms with E-state index in [1.54, 1.807) is 0 Å². The van der Waals surface area contributed by atoms with E-state index in [-0.39, 0.29) is 0 Å². The fourth-order valence-corrected chi connectivity index (χ4v) is 2.98. The van der Waals surface area contributed by atoms with Gasteiger partial charge in [-0.1, -0.05) is 12.1 Å². The van der Waals surface area contributed by atoms with Crippen molar-refractivity contribution in [1.82, 2.24) is 0 Å². The number of nitrogens with zero attached hydrogens (tertiary/aromatic N) is 1. The van der Waals surface area contributed by atoms with Gasteiger partial charge in [-0.15, -0.1) is 0 Å². The molecule has 0 aromatic heterocycles. The van der Waals surface area contributed by atoms with Crippen LogP contribution in [-0.4, -0.2) is 35.8 Å². The summed E-state index contributed by atoms with van der Waals surface area (Å²) in [6.45, 7) is 0. The Morgan fingerprint density at radius 3 is 2.40 bits per heavy atom. The van der Waals surface area contributed by atoms with Crippen molar-refractivity contribution in [2.24, 2.45) is 11.5 Å². The number of aliphatic carboxylic acids is 1. The maximum atomic E-state index is 12.1. The van der Waals surface area contributed by atoms with Gasteiger partial charge in [-0.25, -0.2) is 8.42 Å². The Morgan fingerprint density at radius 1 is 1.35 bits per heavy atom. The topological polar surface area (TPSA) is 167 Å². The number of nitro groups is 1. The van der Waals surface area contributed by atoms with Crippen molar-refractivity contribution in [3.63, 3.8) is 0 Å². The molecular formula is C10H13N3O6S. The lowest BCUT2D eigenvalue weighted by molar-refractivity contribution is -0.387. The second kappa shape index (κ2) is 5.94. The highest BCUT2D eigenvalue weighted by Gasteiger charge is 2.33. The molecule has 0 aliphatic heterocycles. The van der Waals surface area contributed by atoms with Gasteiger partial charge in [-0.3, -0.25) is 14.9 Å². The number of nitrogens with two attached hydrogens (primary N) is 2. The lowest BCUT2D eigenvalue weighted by Gasteiger charge is -2.15. The summed E-state index contributed by atoms with van der Waals surface area (Å²) in [6, 6.07) is 3.22. The van der Waals surface area contributed by atoms with Crippen molar-refractivity contribution in [2.45, 2.75) is 22.7 Å². The zero-order valence-electron chi connectivity index (χ0n) is 10.2. The molecule has 0 saturated heterocycles. The van der Waals surface area contributed by atoms with Crippen LogP contribution in [-0.2, 0) is 14.6 Å². The molecule has 0 amide bonds. The minimum atomic E-state index is -4.25. The summed E-state index contributed by atoms with van der Waals surface area (Å²) in [5.41, 5.74) is 10.0. The molecule has 5 N–H and O–H groups in total. The van der Waals surface area contributed by atoms with Gasteiger partial charge in [-0.05, 0) is 6.07 Å². The van der Waals surface area contributed by atoms with Crippen LogP contribution in [0, 0.1) is 10.1 Å². The van der Waals surface area contributed by atoms with E-state index in [0.29, 0.717) is 0 Å². The van der Waals surface area contributed by atoms with E-state index < -0.39 is 49.1 Å². The number of carbonyl (C=O) groups is 1. The lowest BCUT2D eigenvalue weighted by Crippen LogP contribution is -2.41. The molecule has 0 heterocycles. The standard InChI is InChI=1S/C10H13N3O6S/c11-6(10(14)15)5-9(12)20(18,19)8-4-2-1-3-7(8)13(16)17/h1-4,6,9H,5,11-12H2,(H,14,15). The lowest BCUT2D eigenvalue weighted by atomic mass is 10.2. The molecule has 0 bridgehead atoms. The van der Waals surface area contributed by atoms with Crippen LogP contribution in [0.2, 0.25) is 0 Å². The number of rotatable bonds is 6. The van der Waals surface area contributed by atoms with Gasteiger partial charge in [0.05, 0.1) is 4.92 Å². The zero-order valence-corrected chi connectivity index (χ0v) is 11.0. The van der Waals surface area contributed by atoms with Gasteiger partial charge >= 0.3 is 5.97 Å². The maximum Gasteiger partial charge on any atom is 0.320 e. The Balaban J connectivity index is 3.17. The van der Waals surface area contributed by atoms with Gasteiger partial charge in [0, 0.05) is 12.5 Å². The van der Waals surface area contributed by atoms with Crippen molar-refractivity contribution >= 4 is 21.5 Å². The summed E-state index contributed by atoms with van der Waals surface area (Å²) in [5, 5.41) is 17.8. The Labute approximate surface area is 114 Å². The first-order valence-corrected chi connectivity index (χ1v) is 6.94. The quantitative estimate of drug-likeness (QED) is 0.465. The van der Waals surface area contributed by atoms with Crippen molar-refractivity contribution in [3.05, 3.63) is 34.4 Å². The first kappa shape index (κ1) is 16.0. The highest BCUT2D eigenvalue weighted by atomic mass is 32.2. The Kier molecular flexibility index (Phi) is 4.76. The van der Waals surface area contributed by atoms with E-state index in [9.17, 15) is 23.3 Å². The third-order valence-corrected chi connectivity index (χ3v) is 4.52. The Morgan fingerprint density at radius 2 is 1.90 bits per heavy atom. The maximum absolute atomic E-state index is 12.1. The van der Waals surface area contributed by atoms with Gasteiger partial charge in [0.1, 0.15) is 16.3 Å². The van der Waals surface area contributed by atoms with E-state index >= 15 is 0 Å². The number of hydrogen-bond acceptors (Lipinski definition) is 7. The minimum absolute atomic E-state index is 0.552. The molecule has 1 rings (SSSR count). The van der Waals surface area contributed by atoms with E-state index in [1.807, 2.05) is 0 Å². The van der Waals surface area contributed by atoms with Crippen molar-refractivity contribution in [3.8, 4) is 0 Å². The largest absolute Gasteiger partial charge is 0.480 e. The molecule has 2 atom stereocenters. The minimum Gasteiger partial charge on any atom is -0.480 e.